The first-order valence-electron chi connectivity index (χ1n) is 21.0. The Balaban J connectivity index is 1.38. The van der Waals surface area contributed by atoms with Gasteiger partial charge < -0.3 is 19.3 Å². The fourth-order valence-electron chi connectivity index (χ4n) is 9.74. The van der Waals surface area contributed by atoms with E-state index in [4.69, 9.17) is 14.2 Å². The van der Waals surface area contributed by atoms with Crippen molar-refractivity contribution in [1.29, 1.82) is 0 Å². The van der Waals surface area contributed by atoms with Gasteiger partial charge >= 0.3 is 11.9 Å². The molecule has 0 unspecified atom stereocenters. The Morgan fingerprint density at radius 3 is 1.62 bits per heavy atom. The molecule has 0 bridgehead atoms. The monoisotopic (exact) mass is 737 g/mol. The van der Waals surface area contributed by atoms with Crippen molar-refractivity contribution in [3.8, 4) is 5.75 Å². The fourth-order valence-corrected chi connectivity index (χ4v) is 13.3. The summed E-state index contributed by atoms with van der Waals surface area (Å²) in [6, 6.07) is 5.82. The zero-order valence-corrected chi connectivity index (χ0v) is 34.6. The van der Waals surface area contributed by atoms with E-state index in [9.17, 15) is 14.7 Å². The summed E-state index contributed by atoms with van der Waals surface area (Å²) in [5, 5.41) is 9.20. The average Bonchev–Trinajstić information content (AvgIpc) is 3.15. The number of carbonyl (C=O) groups excluding carboxylic acids is 2. The van der Waals surface area contributed by atoms with E-state index in [0.29, 0.717) is 29.4 Å². The van der Waals surface area contributed by atoms with Crippen molar-refractivity contribution in [3.05, 3.63) is 53.1 Å². The van der Waals surface area contributed by atoms with Crippen molar-refractivity contribution < 1.29 is 28.9 Å². The van der Waals surface area contributed by atoms with Crippen LogP contribution in [-0.4, -0.2) is 38.3 Å². The van der Waals surface area contributed by atoms with Gasteiger partial charge in [0.15, 0.2) is 0 Å². The lowest BCUT2D eigenvalue weighted by Crippen LogP contribution is -2.36. The van der Waals surface area contributed by atoms with Gasteiger partial charge in [-0.25, -0.2) is 9.59 Å². The molecule has 0 radical (unpaired) electrons. The maximum absolute atomic E-state index is 12.4. The summed E-state index contributed by atoms with van der Waals surface area (Å²) in [4.78, 5) is 24.9. The van der Waals surface area contributed by atoms with Crippen LogP contribution in [0.5, 0.6) is 5.75 Å². The summed E-state index contributed by atoms with van der Waals surface area (Å²) in [6.45, 7) is 19.2. The van der Waals surface area contributed by atoms with E-state index < -0.39 is 20.0 Å². The number of aliphatic hydroxyl groups is 1. The molecule has 1 N–H and O–H groups in total. The Hall–Kier alpha value is -2.38. The molecule has 3 aliphatic carbocycles. The predicted molar refractivity (Wildman–Crippen MR) is 215 cm³/mol. The first kappa shape index (κ1) is 42.4. The molecule has 0 aliphatic heterocycles. The molecule has 1 aromatic rings. The zero-order valence-electron chi connectivity index (χ0n) is 33.6. The van der Waals surface area contributed by atoms with Gasteiger partial charge in [-0.2, -0.15) is 0 Å². The van der Waals surface area contributed by atoms with Gasteiger partial charge in [-0.1, -0.05) is 77.7 Å². The Morgan fingerprint density at radius 2 is 1.17 bits per heavy atom. The van der Waals surface area contributed by atoms with E-state index in [2.05, 4.69) is 45.3 Å². The first-order chi connectivity index (χ1) is 24.9. The largest absolute Gasteiger partial charge is 0.493 e. The third-order valence-electron chi connectivity index (χ3n) is 13.2. The van der Waals surface area contributed by atoms with Gasteiger partial charge in [-0.15, -0.1) is 0 Å². The van der Waals surface area contributed by atoms with Crippen molar-refractivity contribution in [1.82, 2.24) is 0 Å². The van der Waals surface area contributed by atoms with Crippen LogP contribution in [0.25, 0.3) is 0 Å². The predicted octanol–water partition coefficient (Wildman–Crippen LogP) is 11.6. The summed E-state index contributed by atoms with van der Waals surface area (Å²) in [7, 11) is -1.07. The van der Waals surface area contributed by atoms with Crippen LogP contribution in [0.1, 0.15) is 153 Å². The van der Waals surface area contributed by atoms with Crippen LogP contribution < -0.4 is 4.74 Å². The van der Waals surface area contributed by atoms with Crippen LogP contribution in [-0.2, 0) is 32.3 Å². The molecule has 52 heavy (non-hydrogen) atoms. The molecule has 0 saturated heterocycles. The van der Waals surface area contributed by atoms with E-state index in [1.165, 1.54) is 88.7 Å². The number of hydrogen-bond acceptors (Lipinski definition) is 6. The Morgan fingerprint density at radius 1 is 0.712 bits per heavy atom. The van der Waals surface area contributed by atoms with E-state index in [0.717, 1.165) is 72.4 Å². The van der Waals surface area contributed by atoms with Crippen molar-refractivity contribution >= 4 is 20.0 Å². The molecule has 3 fully saturated rings. The Bertz CT molecular complexity index is 1260. The highest BCUT2D eigenvalue weighted by atomic mass is 28.3. The van der Waals surface area contributed by atoms with Crippen LogP contribution in [0.15, 0.2) is 36.4 Å². The fraction of sp³-hybridized carbons (Fsp3) is 0.733. The maximum atomic E-state index is 12.4. The van der Waals surface area contributed by atoms with Crippen molar-refractivity contribution in [2.75, 3.05) is 13.2 Å². The third-order valence-corrected chi connectivity index (χ3v) is 17.6. The summed E-state index contributed by atoms with van der Waals surface area (Å²) in [6.07, 6.45) is 21.6. The molecular formula is C45H72O6Si. The average molecular weight is 737 g/mol. The summed E-state index contributed by atoms with van der Waals surface area (Å²) in [5.41, 5.74) is 4.53. The zero-order chi connectivity index (χ0) is 37.7. The highest BCUT2D eigenvalue weighted by Crippen LogP contribution is 2.50. The molecule has 6 nitrogen and oxygen atoms in total. The lowest BCUT2D eigenvalue weighted by atomic mass is 9.65. The number of aliphatic hydroxyl groups excluding tert-OH is 1. The molecule has 0 atom stereocenters. The Labute approximate surface area is 317 Å². The van der Waals surface area contributed by atoms with Gasteiger partial charge in [0.2, 0.25) is 0 Å². The summed E-state index contributed by atoms with van der Waals surface area (Å²) in [5.74, 6) is 3.74. The van der Waals surface area contributed by atoms with Gasteiger partial charge in [-0.05, 0) is 137 Å². The summed E-state index contributed by atoms with van der Waals surface area (Å²) >= 11 is 0. The number of rotatable bonds is 19. The number of unbranched alkanes of at least 4 members (excludes halogenated alkanes) is 3. The lowest BCUT2D eigenvalue weighted by Gasteiger charge is -2.43. The Kier molecular flexibility index (Phi) is 17.0. The van der Waals surface area contributed by atoms with E-state index in [1.54, 1.807) is 13.8 Å². The molecule has 3 saturated carbocycles. The second kappa shape index (κ2) is 20.9. The molecular weight excluding hydrogens is 665 g/mol. The summed E-state index contributed by atoms with van der Waals surface area (Å²) < 4.78 is 17.6. The molecule has 3 aliphatic rings. The number of hydrogen-bond donors (Lipinski definition) is 1. The van der Waals surface area contributed by atoms with Crippen LogP contribution >= 0.6 is 0 Å². The smallest absolute Gasteiger partial charge is 0.333 e. The quantitative estimate of drug-likeness (QED) is 0.0659. The van der Waals surface area contributed by atoms with E-state index in [1.807, 2.05) is 0 Å². The van der Waals surface area contributed by atoms with Gasteiger partial charge in [0.05, 0.1) is 14.7 Å². The molecule has 1 aromatic carbocycles. The number of carbonyl (C=O) groups is 2. The van der Waals surface area contributed by atoms with E-state index >= 15 is 0 Å². The molecule has 7 heteroatoms. The second-order valence-electron chi connectivity index (χ2n) is 17.5. The van der Waals surface area contributed by atoms with E-state index in [-0.39, 0.29) is 19.8 Å². The molecule has 0 amide bonds. The van der Waals surface area contributed by atoms with Crippen LogP contribution in [0.2, 0.25) is 24.7 Å². The maximum Gasteiger partial charge on any atom is 0.333 e. The minimum atomic E-state index is -1.07. The van der Waals surface area contributed by atoms with Crippen LogP contribution in [0, 0.1) is 23.7 Å². The minimum absolute atomic E-state index is 0.0612. The van der Waals surface area contributed by atoms with Crippen LogP contribution in [0.4, 0.5) is 0 Å². The molecule has 292 valence electrons. The standard InChI is InChI=1S/C45H72O6Si/c1-8-9-27-52(6,7)42-23-21-37(22-24-42)36-15-13-34(14-16-36)35-17-19-38(20-18-35)39-28-40(30-50-44(47)32(2)3)43(49-26-12-10-11-25-46)41(29-39)31-51-45(48)33(4)5/h28-29,34-38,42,46H,2,4,8-27,30-31H2,1,3,5-7H3. The number of ether oxygens (including phenoxy) is 3. The van der Waals surface area contributed by atoms with Crippen LogP contribution in [0.3, 0.4) is 0 Å². The third kappa shape index (κ3) is 12.3. The second-order valence-corrected chi connectivity index (χ2v) is 22.8. The minimum Gasteiger partial charge on any atom is -0.493 e. The number of benzene rings is 1. The van der Waals surface area contributed by atoms with Gasteiger partial charge in [0, 0.05) is 28.9 Å². The normalized spacial score (nSPS) is 25.3. The van der Waals surface area contributed by atoms with Crippen molar-refractivity contribution in [2.45, 2.75) is 174 Å². The van der Waals surface area contributed by atoms with Gasteiger partial charge in [0.25, 0.3) is 0 Å². The van der Waals surface area contributed by atoms with Crippen molar-refractivity contribution in [3.63, 3.8) is 0 Å². The first-order valence-corrected chi connectivity index (χ1v) is 24.3. The SMILES string of the molecule is C=C(C)C(=O)OCc1cc(C2CCC(C3CCC(C4CCC([Si](C)(C)CCCC)CC4)CC3)CC2)cc(COC(=O)C(=C)C)c1OCCCCCO. The highest BCUT2D eigenvalue weighted by molar-refractivity contribution is 6.78. The molecule has 0 heterocycles. The lowest BCUT2D eigenvalue weighted by molar-refractivity contribution is -0.140. The van der Waals surface area contributed by atoms with Gasteiger partial charge in [0.1, 0.15) is 19.0 Å². The molecule has 4 rings (SSSR count). The highest BCUT2D eigenvalue weighted by Gasteiger charge is 2.38. The number of esters is 2. The van der Waals surface area contributed by atoms with Crippen molar-refractivity contribution in [2.24, 2.45) is 23.7 Å². The molecule has 0 spiro atoms. The topological polar surface area (TPSA) is 82.1 Å². The van der Waals surface area contributed by atoms with Gasteiger partial charge in [-0.3, -0.25) is 0 Å². The molecule has 0 aromatic heterocycles.